The van der Waals surface area contributed by atoms with Crippen molar-refractivity contribution < 1.29 is 14.2 Å². The highest BCUT2D eigenvalue weighted by Crippen LogP contribution is 2.37. The maximum Gasteiger partial charge on any atom is 0.145 e. The molecule has 1 aromatic rings. The van der Waals surface area contributed by atoms with Crippen molar-refractivity contribution in [1.29, 1.82) is 0 Å². The van der Waals surface area contributed by atoms with Gasteiger partial charge in [-0.25, -0.2) is 4.39 Å². The third kappa shape index (κ3) is 2.16. The van der Waals surface area contributed by atoms with Gasteiger partial charge in [-0.1, -0.05) is 6.07 Å². The number of rotatable bonds is 2. The Labute approximate surface area is 87.9 Å². The minimum Gasteiger partial charge on any atom is -0.385 e. The predicted octanol–water partition coefficient (Wildman–Crippen LogP) is 1.63. The smallest absolute Gasteiger partial charge is 0.145 e. The Morgan fingerprint density at radius 2 is 2.20 bits per heavy atom. The van der Waals surface area contributed by atoms with Crippen LogP contribution in [0.4, 0.5) is 4.39 Å². The normalized spacial score (nSPS) is 22.3. The number of aliphatic hydroxyl groups is 1. The Morgan fingerprint density at radius 3 is 2.80 bits per heavy atom. The molecule has 1 aliphatic heterocycles. The lowest BCUT2D eigenvalue weighted by Gasteiger charge is -2.33. The first-order chi connectivity index (χ1) is 7.22. The summed E-state index contributed by atoms with van der Waals surface area (Å²) in [5.41, 5.74) is -1.04. The predicted molar refractivity (Wildman–Crippen MR) is 53.1 cm³/mol. The second-order valence-electron chi connectivity index (χ2n) is 3.84. The first-order valence-electron chi connectivity index (χ1n) is 5.07. The van der Waals surface area contributed by atoms with Crippen molar-refractivity contribution >= 4 is 0 Å². The molecule has 1 unspecified atom stereocenters. The fraction of sp³-hybridized carbons (Fsp3) is 0.545. The lowest BCUT2D eigenvalue weighted by Crippen LogP contribution is -2.37. The van der Waals surface area contributed by atoms with Gasteiger partial charge >= 0.3 is 0 Å². The van der Waals surface area contributed by atoms with Gasteiger partial charge in [-0.2, -0.15) is 0 Å². The van der Waals surface area contributed by atoms with E-state index in [1.54, 1.807) is 18.3 Å². The molecule has 0 bridgehead atoms. The van der Waals surface area contributed by atoms with Gasteiger partial charge in [0.2, 0.25) is 0 Å². The SMILES string of the molecule is OC(c1cccnc1)C1(F)CCOCC1. The molecule has 1 saturated heterocycles. The summed E-state index contributed by atoms with van der Waals surface area (Å²) in [6.07, 6.45) is 2.48. The minimum absolute atomic E-state index is 0.239. The fourth-order valence-electron chi connectivity index (χ4n) is 1.82. The van der Waals surface area contributed by atoms with E-state index in [0.717, 1.165) is 0 Å². The molecule has 4 heteroatoms. The number of ether oxygens (including phenoxy) is 1. The molecule has 0 spiro atoms. The Morgan fingerprint density at radius 1 is 1.47 bits per heavy atom. The van der Waals surface area contributed by atoms with Crippen LogP contribution in [0.1, 0.15) is 24.5 Å². The van der Waals surface area contributed by atoms with Crippen molar-refractivity contribution in [3.8, 4) is 0 Å². The van der Waals surface area contributed by atoms with Gasteiger partial charge in [0, 0.05) is 44.0 Å². The van der Waals surface area contributed by atoms with Crippen LogP contribution in [0.2, 0.25) is 0 Å². The van der Waals surface area contributed by atoms with E-state index >= 15 is 0 Å². The van der Waals surface area contributed by atoms with Gasteiger partial charge < -0.3 is 9.84 Å². The van der Waals surface area contributed by atoms with E-state index in [0.29, 0.717) is 18.8 Å². The van der Waals surface area contributed by atoms with E-state index in [1.807, 2.05) is 0 Å². The Balaban J connectivity index is 2.16. The van der Waals surface area contributed by atoms with Gasteiger partial charge in [0.1, 0.15) is 11.8 Å². The molecule has 0 aliphatic carbocycles. The van der Waals surface area contributed by atoms with Gasteiger partial charge in [0.05, 0.1) is 0 Å². The standard InChI is InChI=1S/C11H14FNO2/c12-11(3-6-15-7-4-11)10(14)9-2-1-5-13-8-9/h1-2,5,8,10,14H,3-4,6-7H2. The number of halogens is 1. The average Bonchev–Trinajstić information content (AvgIpc) is 2.30. The van der Waals surface area contributed by atoms with Crippen LogP contribution in [0.5, 0.6) is 0 Å². The van der Waals surface area contributed by atoms with E-state index < -0.39 is 11.8 Å². The van der Waals surface area contributed by atoms with Gasteiger partial charge in [0.15, 0.2) is 0 Å². The molecule has 0 aromatic carbocycles. The molecule has 0 saturated carbocycles. The molecule has 82 valence electrons. The van der Waals surface area contributed by atoms with E-state index in [-0.39, 0.29) is 12.8 Å². The maximum atomic E-state index is 14.3. The van der Waals surface area contributed by atoms with Crippen molar-refractivity contribution in [2.24, 2.45) is 0 Å². The van der Waals surface area contributed by atoms with Crippen LogP contribution in [-0.4, -0.2) is 29.0 Å². The highest BCUT2D eigenvalue weighted by Gasteiger charge is 2.40. The Hall–Kier alpha value is -1.00. The summed E-state index contributed by atoms with van der Waals surface area (Å²) in [5, 5.41) is 9.93. The number of pyridine rings is 1. The molecule has 0 radical (unpaired) electrons. The largest absolute Gasteiger partial charge is 0.385 e. The molecule has 3 nitrogen and oxygen atoms in total. The molecule has 2 heterocycles. The molecule has 2 rings (SSSR count). The summed E-state index contributed by atoms with van der Waals surface area (Å²) >= 11 is 0. The van der Waals surface area contributed by atoms with Crippen molar-refractivity contribution in [2.75, 3.05) is 13.2 Å². The highest BCUT2D eigenvalue weighted by atomic mass is 19.1. The van der Waals surface area contributed by atoms with Gasteiger partial charge in [0.25, 0.3) is 0 Å². The van der Waals surface area contributed by atoms with Crippen LogP contribution in [0, 0.1) is 0 Å². The zero-order valence-corrected chi connectivity index (χ0v) is 8.40. The first kappa shape index (κ1) is 10.5. The fourth-order valence-corrected chi connectivity index (χ4v) is 1.82. The number of aromatic nitrogens is 1. The van der Waals surface area contributed by atoms with Gasteiger partial charge in [-0.05, 0) is 6.07 Å². The van der Waals surface area contributed by atoms with Crippen molar-refractivity contribution in [3.05, 3.63) is 30.1 Å². The van der Waals surface area contributed by atoms with Crippen LogP contribution in [-0.2, 0) is 4.74 Å². The first-order valence-corrected chi connectivity index (χ1v) is 5.07. The number of nitrogens with zero attached hydrogens (tertiary/aromatic N) is 1. The third-order valence-electron chi connectivity index (χ3n) is 2.81. The summed E-state index contributed by atoms with van der Waals surface area (Å²) in [5.74, 6) is 0. The Kier molecular flexibility index (Phi) is 2.98. The van der Waals surface area contributed by atoms with E-state index in [4.69, 9.17) is 4.74 Å². The zero-order chi connectivity index (χ0) is 10.7. The lowest BCUT2D eigenvalue weighted by molar-refractivity contribution is -0.0832. The van der Waals surface area contributed by atoms with E-state index in [9.17, 15) is 9.50 Å². The highest BCUT2D eigenvalue weighted by molar-refractivity contribution is 5.16. The molecule has 0 amide bonds. The van der Waals surface area contributed by atoms with Crippen molar-refractivity contribution in [2.45, 2.75) is 24.6 Å². The number of hydrogen-bond donors (Lipinski definition) is 1. The minimum atomic E-state index is -1.57. The summed E-state index contributed by atoms with van der Waals surface area (Å²) in [4.78, 5) is 3.87. The number of aliphatic hydroxyl groups excluding tert-OH is 1. The van der Waals surface area contributed by atoms with Crippen LogP contribution in [0.15, 0.2) is 24.5 Å². The lowest BCUT2D eigenvalue weighted by atomic mass is 9.87. The molecule has 1 N–H and O–H groups in total. The van der Waals surface area contributed by atoms with Crippen LogP contribution < -0.4 is 0 Å². The monoisotopic (exact) mass is 211 g/mol. The van der Waals surface area contributed by atoms with Crippen LogP contribution >= 0.6 is 0 Å². The molecule has 15 heavy (non-hydrogen) atoms. The Bertz CT molecular complexity index is 312. The van der Waals surface area contributed by atoms with Crippen molar-refractivity contribution in [3.63, 3.8) is 0 Å². The number of hydrogen-bond acceptors (Lipinski definition) is 3. The van der Waals surface area contributed by atoms with Crippen molar-refractivity contribution in [1.82, 2.24) is 4.98 Å². The third-order valence-corrected chi connectivity index (χ3v) is 2.81. The molecular formula is C11H14FNO2. The average molecular weight is 211 g/mol. The molecule has 1 aliphatic rings. The van der Waals surface area contributed by atoms with E-state index in [1.165, 1.54) is 6.20 Å². The summed E-state index contributed by atoms with van der Waals surface area (Å²) in [6.45, 7) is 0.738. The second kappa shape index (κ2) is 4.24. The van der Waals surface area contributed by atoms with Crippen LogP contribution in [0.25, 0.3) is 0 Å². The van der Waals surface area contributed by atoms with Crippen LogP contribution in [0.3, 0.4) is 0 Å². The van der Waals surface area contributed by atoms with Gasteiger partial charge in [-0.3, -0.25) is 4.98 Å². The second-order valence-corrected chi connectivity index (χ2v) is 3.84. The quantitative estimate of drug-likeness (QED) is 0.808. The summed E-state index contributed by atoms with van der Waals surface area (Å²) in [7, 11) is 0. The topological polar surface area (TPSA) is 42.4 Å². The van der Waals surface area contributed by atoms with Gasteiger partial charge in [-0.15, -0.1) is 0 Å². The molecule has 1 atom stereocenters. The molecule has 1 aromatic heterocycles. The molecular weight excluding hydrogens is 197 g/mol. The molecule has 1 fully saturated rings. The van der Waals surface area contributed by atoms with E-state index in [2.05, 4.69) is 4.98 Å². The zero-order valence-electron chi connectivity index (χ0n) is 8.40. The summed E-state index contributed by atoms with van der Waals surface area (Å²) < 4.78 is 19.4. The summed E-state index contributed by atoms with van der Waals surface area (Å²) in [6, 6.07) is 3.38. The number of alkyl halides is 1. The maximum absolute atomic E-state index is 14.3.